The minimum atomic E-state index is 0.175. The van der Waals surface area contributed by atoms with Crippen molar-refractivity contribution in [1.82, 2.24) is 14.9 Å². The molecule has 2 bridgehead atoms. The van der Waals surface area contributed by atoms with E-state index in [2.05, 4.69) is 54.6 Å². The largest absolute Gasteiger partial charge is 0.348 e. The number of rotatable bonds is 6. The van der Waals surface area contributed by atoms with Gasteiger partial charge in [-0.25, -0.2) is 9.97 Å². The molecule has 0 radical (unpaired) electrons. The maximum Gasteiger partial charge on any atom is 0.157 e. The van der Waals surface area contributed by atoms with Crippen molar-refractivity contribution in [3.8, 4) is 0 Å². The maximum absolute atomic E-state index is 12.5. The minimum absolute atomic E-state index is 0.175. The van der Waals surface area contributed by atoms with Crippen molar-refractivity contribution in [2.24, 2.45) is 11.8 Å². The quantitative estimate of drug-likeness (QED) is 0.716. The zero-order chi connectivity index (χ0) is 20.5. The van der Waals surface area contributed by atoms with E-state index >= 15 is 0 Å². The number of anilines is 1. The highest BCUT2D eigenvalue weighted by molar-refractivity contribution is 5.84. The summed E-state index contributed by atoms with van der Waals surface area (Å²) in [6, 6.07) is 3.83. The first-order chi connectivity index (χ1) is 14.0. The van der Waals surface area contributed by atoms with Crippen LogP contribution >= 0.6 is 0 Å². The SMILES string of the molecule is CCC(C)C(=O)C1CC=C(c2nccc(N3C4CCC3CN(C(C)C)C4)n2)CC1. The van der Waals surface area contributed by atoms with Gasteiger partial charge < -0.3 is 4.90 Å². The number of fused-ring (bicyclic) bond motifs is 2. The number of likely N-dealkylation sites (tertiary alicyclic amines) is 1. The van der Waals surface area contributed by atoms with Gasteiger partial charge in [0.15, 0.2) is 5.82 Å². The van der Waals surface area contributed by atoms with Crippen molar-refractivity contribution in [2.75, 3.05) is 18.0 Å². The molecule has 1 aromatic rings. The summed E-state index contributed by atoms with van der Waals surface area (Å²) in [5.74, 6) is 2.73. The highest BCUT2D eigenvalue weighted by Gasteiger charge is 2.41. The average Bonchev–Trinajstić information content (AvgIpc) is 3.01. The summed E-state index contributed by atoms with van der Waals surface area (Å²) in [5.41, 5.74) is 1.22. The van der Waals surface area contributed by atoms with Crippen molar-refractivity contribution in [1.29, 1.82) is 0 Å². The maximum atomic E-state index is 12.5. The first kappa shape index (κ1) is 20.5. The fourth-order valence-corrected chi connectivity index (χ4v) is 5.28. The highest BCUT2D eigenvalue weighted by Crippen LogP contribution is 2.36. The second-order valence-corrected chi connectivity index (χ2v) is 9.49. The molecule has 2 fully saturated rings. The smallest absolute Gasteiger partial charge is 0.157 e. The van der Waals surface area contributed by atoms with Crippen LogP contribution in [0.2, 0.25) is 0 Å². The average molecular weight is 397 g/mol. The van der Waals surface area contributed by atoms with E-state index in [1.807, 2.05) is 6.20 Å². The molecule has 5 nitrogen and oxygen atoms in total. The van der Waals surface area contributed by atoms with Gasteiger partial charge in [0.25, 0.3) is 0 Å². The number of Topliss-reactive ketones (excluding diaryl/α,β-unsaturated/α-hetero) is 1. The molecule has 29 heavy (non-hydrogen) atoms. The van der Waals surface area contributed by atoms with E-state index in [4.69, 9.17) is 4.98 Å². The number of carbonyl (C=O) groups excluding carboxylic acids is 1. The van der Waals surface area contributed by atoms with Gasteiger partial charge in [0.1, 0.15) is 11.6 Å². The molecule has 1 aliphatic carbocycles. The molecule has 4 rings (SSSR count). The van der Waals surface area contributed by atoms with Gasteiger partial charge in [0.05, 0.1) is 0 Å². The van der Waals surface area contributed by atoms with Crippen LogP contribution in [0.5, 0.6) is 0 Å². The van der Waals surface area contributed by atoms with Gasteiger partial charge >= 0.3 is 0 Å². The van der Waals surface area contributed by atoms with Crippen LogP contribution in [-0.4, -0.2) is 51.9 Å². The molecule has 0 spiro atoms. The molecular formula is C24H36N4O. The zero-order valence-electron chi connectivity index (χ0n) is 18.5. The molecule has 158 valence electrons. The normalized spacial score (nSPS) is 28.5. The number of hydrogen-bond donors (Lipinski definition) is 0. The Hall–Kier alpha value is -1.75. The summed E-state index contributed by atoms with van der Waals surface area (Å²) in [4.78, 5) is 27.3. The fourth-order valence-electron chi connectivity index (χ4n) is 5.28. The van der Waals surface area contributed by atoms with Crippen LogP contribution in [-0.2, 0) is 4.79 Å². The number of nitrogens with zero attached hydrogens (tertiary/aromatic N) is 4. The highest BCUT2D eigenvalue weighted by atomic mass is 16.1. The number of carbonyl (C=O) groups is 1. The minimum Gasteiger partial charge on any atom is -0.348 e. The molecule has 3 aliphatic rings. The van der Waals surface area contributed by atoms with Crippen LogP contribution in [0, 0.1) is 11.8 Å². The van der Waals surface area contributed by atoms with Gasteiger partial charge in [-0.15, -0.1) is 0 Å². The molecular weight excluding hydrogens is 360 g/mol. The van der Waals surface area contributed by atoms with E-state index in [1.54, 1.807) is 0 Å². The Labute approximate surface area is 175 Å². The van der Waals surface area contributed by atoms with Crippen molar-refractivity contribution in [3.05, 3.63) is 24.2 Å². The topological polar surface area (TPSA) is 49.3 Å². The number of ketones is 1. The third-order valence-corrected chi connectivity index (χ3v) is 7.34. The van der Waals surface area contributed by atoms with E-state index in [0.29, 0.717) is 23.9 Å². The second-order valence-electron chi connectivity index (χ2n) is 9.49. The number of hydrogen-bond acceptors (Lipinski definition) is 5. The van der Waals surface area contributed by atoms with Crippen LogP contribution in [0.4, 0.5) is 5.82 Å². The lowest BCUT2D eigenvalue weighted by atomic mass is 9.82. The molecule has 1 aromatic heterocycles. The molecule has 3 heterocycles. The Bertz CT molecular complexity index is 760. The molecule has 0 saturated carbocycles. The lowest BCUT2D eigenvalue weighted by Gasteiger charge is -2.43. The first-order valence-corrected chi connectivity index (χ1v) is 11.6. The number of piperazine rings is 1. The standard InChI is InChI=1S/C24H36N4O/c1-5-17(4)23(29)18-6-8-19(9-7-18)24-25-13-12-22(26-24)28-20-10-11-21(28)15-27(14-20)16(2)3/h8,12-13,16-18,20-21H,5-7,9-11,14-15H2,1-4H3. The predicted octanol–water partition coefficient (Wildman–Crippen LogP) is 4.34. The summed E-state index contributed by atoms with van der Waals surface area (Å²) in [5, 5.41) is 0. The third-order valence-electron chi connectivity index (χ3n) is 7.34. The van der Waals surface area contributed by atoms with Crippen molar-refractivity contribution in [2.45, 2.75) is 84.3 Å². The summed E-state index contributed by atoms with van der Waals surface area (Å²) in [6.45, 7) is 11.0. The van der Waals surface area contributed by atoms with Crippen LogP contribution in [0.15, 0.2) is 18.3 Å². The van der Waals surface area contributed by atoms with Crippen molar-refractivity contribution >= 4 is 17.2 Å². The number of allylic oxidation sites excluding steroid dienone is 2. The van der Waals surface area contributed by atoms with Gasteiger partial charge in [-0.2, -0.15) is 0 Å². The Morgan fingerprint density at radius 3 is 2.48 bits per heavy atom. The Balaban J connectivity index is 1.48. The third kappa shape index (κ3) is 4.11. The monoisotopic (exact) mass is 396 g/mol. The summed E-state index contributed by atoms with van der Waals surface area (Å²) in [7, 11) is 0. The van der Waals surface area contributed by atoms with Crippen LogP contribution < -0.4 is 4.90 Å². The van der Waals surface area contributed by atoms with Gasteiger partial charge in [-0.1, -0.05) is 19.9 Å². The van der Waals surface area contributed by atoms with E-state index in [-0.39, 0.29) is 11.8 Å². The van der Waals surface area contributed by atoms with E-state index in [9.17, 15) is 4.79 Å². The summed E-state index contributed by atoms with van der Waals surface area (Å²) < 4.78 is 0. The first-order valence-electron chi connectivity index (χ1n) is 11.6. The van der Waals surface area contributed by atoms with E-state index in [1.165, 1.54) is 18.4 Å². The fraction of sp³-hybridized carbons (Fsp3) is 0.708. The molecule has 2 aliphatic heterocycles. The zero-order valence-corrected chi connectivity index (χ0v) is 18.5. The molecule has 4 atom stereocenters. The molecule has 0 amide bonds. The van der Waals surface area contributed by atoms with E-state index in [0.717, 1.165) is 50.4 Å². The molecule has 0 N–H and O–H groups in total. The molecule has 2 saturated heterocycles. The molecule has 4 unspecified atom stereocenters. The lowest BCUT2D eigenvalue weighted by molar-refractivity contribution is -0.126. The Morgan fingerprint density at radius 1 is 1.17 bits per heavy atom. The van der Waals surface area contributed by atoms with Crippen LogP contribution in [0.25, 0.3) is 5.57 Å². The summed E-state index contributed by atoms with van der Waals surface area (Å²) in [6.07, 6.45) is 10.3. The Morgan fingerprint density at radius 2 is 1.90 bits per heavy atom. The summed E-state index contributed by atoms with van der Waals surface area (Å²) >= 11 is 0. The molecule has 5 heteroatoms. The van der Waals surface area contributed by atoms with Gasteiger partial charge in [0.2, 0.25) is 0 Å². The number of aromatic nitrogens is 2. The van der Waals surface area contributed by atoms with Crippen LogP contribution in [0.1, 0.15) is 72.0 Å². The van der Waals surface area contributed by atoms with Crippen molar-refractivity contribution < 1.29 is 4.79 Å². The lowest BCUT2D eigenvalue weighted by Crippen LogP contribution is -2.55. The predicted molar refractivity (Wildman–Crippen MR) is 118 cm³/mol. The molecule has 0 aromatic carbocycles. The second kappa shape index (κ2) is 8.55. The van der Waals surface area contributed by atoms with E-state index < -0.39 is 0 Å². The van der Waals surface area contributed by atoms with Crippen molar-refractivity contribution in [3.63, 3.8) is 0 Å². The van der Waals surface area contributed by atoms with Gasteiger partial charge in [-0.05, 0) is 64.0 Å². The van der Waals surface area contributed by atoms with Gasteiger partial charge in [0, 0.05) is 49.2 Å². The van der Waals surface area contributed by atoms with Gasteiger partial charge in [-0.3, -0.25) is 9.69 Å². The Kier molecular flexibility index (Phi) is 6.05. The van der Waals surface area contributed by atoms with Crippen LogP contribution in [0.3, 0.4) is 0 Å².